The first kappa shape index (κ1) is 16.6. The van der Waals surface area contributed by atoms with Crippen LogP contribution in [0.4, 0.5) is 19.0 Å². The first-order valence-corrected chi connectivity index (χ1v) is 7.60. The van der Waals surface area contributed by atoms with E-state index in [1.807, 2.05) is 4.90 Å². The molecule has 24 heavy (non-hydrogen) atoms. The molecule has 3 rings (SSSR count). The minimum absolute atomic E-state index is 0.00404. The van der Waals surface area contributed by atoms with Gasteiger partial charge in [-0.15, -0.1) is 0 Å². The fourth-order valence-corrected chi connectivity index (χ4v) is 2.85. The lowest BCUT2D eigenvalue weighted by Gasteiger charge is -2.30. The second-order valence-corrected chi connectivity index (χ2v) is 5.75. The zero-order valence-corrected chi connectivity index (χ0v) is 13.2. The highest BCUT2D eigenvalue weighted by atomic mass is 35.5. The highest BCUT2D eigenvalue weighted by molar-refractivity contribution is 6.32. The highest BCUT2D eigenvalue weighted by Gasteiger charge is 2.35. The van der Waals surface area contributed by atoms with Gasteiger partial charge in [0.05, 0.1) is 24.9 Å². The predicted molar refractivity (Wildman–Crippen MR) is 79.8 cm³/mol. The smallest absolute Gasteiger partial charge is 0.419 e. The summed E-state index contributed by atoms with van der Waals surface area (Å²) < 4.78 is 43.1. The number of aromatic amines is 1. The molecule has 9 heteroatoms. The number of aromatic nitrogens is 1. The summed E-state index contributed by atoms with van der Waals surface area (Å²) in [7, 11) is 0. The number of carbonyl (C=O) groups excluding carboxylic acids is 1. The molecule has 0 radical (unpaired) electrons. The van der Waals surface area contributed by atoms with Gasteiger partial charge < -0.3 is 9.32 Å². The highest BCUT2D eigenvalue weighted by Crippen LogP contribution is 2.32. The number of H-pyrrole nitrogens is 1. The van der Waals surface area contributed by atoms with Gasteiger partial charge in [-0.2, -0.15) is 13.2 Å². The summed E-state index contributed by atoms with van der Waals surface area (Å²) in [5.41, 5.74) is -0.831. The van der Waals surface area contributed by atoms with Gasteiger partial charge in [0, 0.05) is 0 Å². The van der Waals surface area contributed by atoms with Crippen LogP contribution >= 0.6 is 11.6 Å². The third kappa shape index (κ3) is 3.33. The van der Waals surface area contributed by atoms with Crippen molar-refractivity contribution in [2.45, 2.75) is 6.18 Å². The molecule has 0 saturated carbocycles. The Hall–Kier alpha value is -2.22. The number of piperazine rings is 1. The average molecular weight is 361 g/mol. The molecule has 1 aliphatic heterocycles. The molecular formula is C15H14ClF3N3O2+. The van der Waals surface area contributed by atoms with Crippen molar-refractivity contribution in [3.05, 3.63) is 47.0 Å². The molecule has 2 aromatic heterocycles. The maximum atomic E-state index is 12.7. The van der Waals surface area contributed by atoms with Crippen LogP contribution in [0.15, 0.2) is 35.1 Å². The Labute approximate surface area is 140 Å². The number of hydrogen-bond acceptors (Lipinski definition) is 3. The van der Waals surface area contributed by atoms with Crippen molar-refractivity contribution < 1.29 is 27.4 Å². The predicted octanol–water partition coefficient (Wildman–Crippen LogP) is 2.73. The van der Waals surface area contributed by atoms with E-state index in [1.54, 1.807) is 17.0 Å². The van der Waals surface area contributed by atoms with Gasteiger partial charge in [0.2, 0.25) is 0 Å². The van der Waals surface area contributed by atoms with Gasteiger partial charge in [0.1, 0.15) is 24.3 Å². The second-order valence-electron chi connectivity index (χ2n) is 5.34. The van der Waals surface area contributed by atoms with Gasteiger partial charge >= 0.3 is 6.18 Å². The Bertz CT molecular complexity index is 726. The normalized spacial score (nSPS) is 15.7. The number of nitrogens with one attached hydrogen (secondary N) is 1. The summed E-state index contributed by atoms with van der Waals surface area (Å²) >= 11 is 5.98. The largest absolute Gasteiger partial charge is 0.459 e. The third-order valence-corrected chi connectivity index (χ3v) is 4.10. The number of halogens is 4. The molecule has 3 heterocycles. The molecule has 1 aliphatic rings. The van der Waals surface area contributed by atoms with Gasteiger partial charge in [-0.05, 0) is 18.2 Å². The van der Waals surface area contributed by atoms with Crippen molar-refractivity contribution in [3.8, 4) is 0 Å². The van der Waals surface area contributed by atoms with E-state index in [-0.39, 0.29) is 16.7 Å². The number of nitrogens with zero attached hydrogens (tertiary/aromatic N) is 2. The van der Waals surface area contributed by atoms with Crippen molar-refractivity contribution in [2.75, 3.05) is 31.1 Å². The minimum atomic E-state index is -4.45. The molecule has 0 bridgehead atoms. The topological polar surface area (TPSA) is 50.8 Å². The molecule has 1 amide bonds. The summed E-state index contributed by atoms with van der Waals surface area (Å²) in [6.07, 6.45) is -2.13. The van der Waals surface area contributed by atoms with E-state index in [2.05, 4.69) is 4.98 Å². The van der Waals surface area contributed by atoms with Crippen molar-refractivity contribution in [1.29, 1.82) is 0 Å². The average Bonchev–Trinajstić information content (AvgIpc) is 3.08. The van der Waals surface area contributed by atoms with Gasteiger partial charge in [-0.3, -0.25) is 9.69 Å². The Morgan fingerprint density at radius 2 is 1.96 bits per heavy atom. The fourth-order valence-electron chi connectivity index (χ4n) is 2.56. The van der Waals surface area contributed by atoms with Crippen LogP contribution in [0.3, 0.4) is 0 Å². The molecule has 0 spiro atoms. The van der Waals surface area contributed by atoms with E-state index < -0.39 is 11.7 Å². The second kappa shape index (κ2) is 6.35. The molecule has 0 aromatic carbocycles. The van der Waals surface area contributed by atoms with Crippen LogP contribution in [-0.4, -0.2) is 37.0 Å². The van der Waals surface area contributed by atoms with Crippen LogP contribution in [0.1, 0.15) is 16.1 Å². The van der Waals surface area contributed by atoms with E-state index >= 15 is 0 Å². The van der Waals surface area contributed by atoms with Crippen molar-refractivity contribution >= 4 is 23.3 Å². The number of alkyl halides is 3. The van der Waals surface area contributed by atoms with Gasteiger partial charge in [-0.1, -0.05) is 11.6 Å². The number of amides is 1. The lowest BCUT2D eigenvalue weighted by Crippen LogP contribution is -2.50. The number of furan rings is 1. The summed E-state index contributed by atoms with van der Waals surface area (Å²) in [4.78, 5) is 18.2. The first-order valence-electron chi connectivity index (χ1n) is 7.22. The quantitative estimate of drug-likeness (QED) is 0.827. The molecular weight excluding hydrogens is 347 g/mol. The number of anilines is 1. The van der Waals surface area contributed by atoms with E-state index in [0.29, 0.717) is 32.0 Å². The summed E-state index contributed by atoms with van der Waals surface area (Å²) in [6.45, 7) is 1.75. The van der Waals surface area contributed by atoms with Crippen molar-refractivity contribution in [3.63, 3.8) is 0 Å². The summed E-state index contributed by atoms with van der Waals surface area (Å²) in [6, 6.07) is 4.13. The maximum Gasteiger partial charge on any atom is 0.419 e. The molecule has 1 fully saturated rings. The zero-order chi connectivity index (χ0) is 17.3. The monoisotopic (exact) mass is 360 g/mol. The van der Waals surface area contributed by atoms with Gasteiger partial charge in [-0.25, -0.2) is 4.98 Å². The lowest BCUT2D eigenvalue weighted by molar-refractivity contribution is -0.367. The molecule has 0 unspecified atom stereocenters. The summed E-state index contributed by atoms with van der Waals surface area (Å²) in [5.74, 6) is 0.472. The molecule has 0 atom stereocenters. The lowest BCUT2D eigenvalue weighted by atomic mass is 10.2. The number of rotatable bonds is 2. The minimum Gasteiger partial charge on any atom is -0.459 e. The van der Waals surface area contributed by atoms with Crippen LogP contribution in [0.5, 0.6) is 0 Å². The Kier molecular flexibility index (Phi) is 4.40. The van der Waals surface area contributed by atoms with Crippen LogP contribution in [0.25, 0.3) is 0 Å². The Morgan fingerprint density at radius 3 is 2.50 bits per heavy atom. The van der Waals surface area contributed by atoms with Crippen molar-refractivity contribution in [2.24, 2.45) is 0 Å². The Balaban J connectivity index is 1.68. The standard InChI is InChI=1S/C15H13ClF3N3O2/c16-11-8-10(15(17,18)19)9-20-13(11)21-3-5-22(6-4-21)14(23)12-2-1-7-24-12/h1-2,7-9H,3-6H2/p+1. The van der Waals surface area contributed by atoms with E-state index in [9.17, 15) is 18.0 Å². The van der Waals surface area contributed by atoms with Crippen molar-refractivity contribution in [1.82, 2.24) is 4.90 Å². The molecule has 128 valence electrons. The third-order valence-electron chi connectivity index (χ3n) is 3.82. The molecule has 1 N–H and O–H groups in total. The van der Waals surface area contributed by atoms with Crippen LogP contribution in [0, 0.1) is 0 Å². The molecule has 5 nitrogen and oxygen atoms in total. The summed E-state index contributed by atoms with van der Waals surface area (Å²) in [5, 5.41) is -0.00404. The van der Waals surface area contributed by atoms with Crippen LogP contribution in [-0.2, 0) is 6.18 Å². The maximum absolute atomic E-state index is 12.7. The number of hydrogen-bond donors (Lipinski definition) is 0. The molecule has 2 aromatic rings. The van der Waals surface area contributed by atoms with E-state index in [0.717, 1.165) is 12.3 Å². The van der Waals surface area contributed by atoms with E-state index in [1.165, 1.54) is 6.26 Å². The number of carbonyl (C=O) groups is 1. The molecule has 0 aliphatic carbocycles. The van der Waals surface area contributed by atoms with Crippen LogP contribution in [0.2, 0.25) is 5.02 Å². The fraction of sp³-hybridized carbons (Fsp3) is 0.333. The Morgan fingerprint density at radius 1 is 1.25 bits per heavy atom. The van der Waals surface area contributed by atoms with Gasteiger partial charge in [0.25, 0.3) is 11.7 Å². The molecule has 1 saturated heterocycles. The SMILES string of the molecule is O=C(c1ccco1)N1CCN(c2[nH+]cc(C(F)(F)F)cc2Cl)CC1. The van der Waals surface area contributed by atoms with E-state index in [4.69, 9.17) is 16.0 Å². The van der Waals surface area contributed by atoms with Crippen LogP contribution < -0.4 is 9.88 Å². The van der Waals surface area contributed by atoms with Gasteiger partial charge in [0.15, 0.2) is 5.76 Å². The number of pyridine rings is 1. The zero-order valence-electron chi connectivity index (χ0n) is 12.4. The first-order chi connectivity index (χ1) is 11.4.